The fraction of sp³-hybridized carbons (Fsp3) is 0.200. The first kappa shape index (κ1) is 46.5. The molecule has 0 fully saturated rings. The minimum absolute atomic E-state index is 0.0293. The van der Waals surface area contributed by atoms with E-state index in [9.17, 15) is 0 Å². The van der Waals surface area contributed by atoms with Crippen molar-refractivity contribution in [3.63, 3.8) is 0 Å². The van der Waals surface area contributed by atoms with Crippen molar-refractivity contribution in [2.24, 2.45) is 0 Å². The first-order valence-corrected chi connectivity index (χ1v) is 27.5. The van der Waals surface area contributed by atoms with Gasteiger partial charge in [-0.25, -0.2) is 0 Å². The Balaban J connectivity index is 0.976. The highest BCUT2D eigenvalue weighted by Gasteiger charge is 2.53. The quantitative estimate of drug-likeness (QED) is 0.166. The summed E-state index contributed by atoms with van der Waals surface area (Å²) in [6.07, 6.45) is 0. The molecule has 76 heavy (non-hydrogen) atoms. The van der Waals surface area contributed by atoms with Crippen molar-refractivity contribution >= 4 is 17.1 Å². The van der Waals surface area contributed by atoms with Crippen molar-refractivity contribution in [3.05, 3.63) is 268 Å². The summed E-state index contributed by atoms with van der Waals surface area (Å²) < 4.78 is 0. The Hall–Kier alpha value is -8.00. The minimum Gasteiger partial charge on any atom is -0.310 e. The van der Waals surface area contributed by atoms with Gasteiger partial charge in [0.25, 0.3) is 0 Å². The predicted octanol–water partition coefficient (Wildman–Crippen LogP) is 20.0. The second-order valence-electron chi connectivity index (χ2n) is 25.3. The van der Waals surface area contributed by atoms with E-state index in [0.717, 1.165) is 17.1 Å². The van der Waals surface area contributed by atoms with Gasteiger partial charge in [-0.2, -0.15) is 0 Å². The highest BCUT2D eigenvalue weighted by molar-refractivity contribution is 5.98. The van der Waals surface area contributed by atoms with Gasteiger partial charge >= 0.3 is 0 Å². The standard InChI is InChI=1S/C75H65N/c1-71(2,3)47-32-38-58-59-39-33-48(72(4,5)6)43-68(59)75(67(58)42-47)65-29-18-15-23-55(65)60-41-37-51(45-69(60)75)76(50-36-40-57-54-22-13-16-27-63(54)73(7,8)66(57)44-50)49-34-30-46(31-35-49)52-20-11-12-21-53(52)61-25-19-26-62-56-24-14-17-28-64(56)74(9,10)70(61)62/h11-45H,1-10H3. The van der Waals surface area contributed by atoms with Crippen LogP contribution in [0.5, 0.6) is 0 Å². The molecule has 1 nitrogen and oxygen atoms in total. The molecule has 0 heterocycles. The number of rotatable bonds is 5. The predicted molar refractivity (Wildman–Crippen MR) is 321 cm³/mol. The lowest BCUT2D eigenvalue weighted by atomic mass is 9.68. The third-order valence-electron chi connectivity index (χ3n) is 18.2. The van der Waals surface area contributed by atoms with Crippen LogP contribution in [0.25, 0.3) is 66.8 Å². The average Bonchev–Trinajstić information content (AvgIpc) is 4.04. The van der Waals surface area contributed by atoms with Crippen LogP contribution in [0, 0.1) is 0 Å². The van der Waals surface area contributed by atoms with E-state index < -0.39 is 5.41 Å². The highest BCUT2D eigenvalue weighted by atomic mass is 15.1. The molecule has 0 saturated carbocycles. The van der Waals surface area contributed by atoms with Crippen LogP contribution in [0.2, 0.25) is 0 Å². The van der Waals surface area contributed by atoms with E-state index in [1.54, 1.807) is 0 Å². The summed E-state index contributed by atoms with van der Waals surface area (Å²) in [6, 6.07) is 81.9. The van der Waals surface area contributed by atoms with Gasteiger partial charge in [-0.15, -0.1) is 0 Å². The number of nitrogens with zero attached hydrogens (tertiary/aromatic N) is 1. The van der Waals surface area contributed by atoms with Gasteiger partial charge in [0.05, 0.1) is 5.41 Å². The highest BCUT2D eigenvalue weighted by Crippen LogP contribution is 2.64. The second-order valence-corrected chi connectivity index (χ2v) is 25.3. The Labute approximate surface area is 450 Å². The number of hydrogen-bond acceptors (Lipinski definition) is 1. The van der Waals surface area contributed by atoms with Gasteiger partial charge in [0.1, 0.15) is 0 Å². The van der Waals surface area contributed by atoms with Crippen LogP contribution in [0.1, 0.15) is 125 Å². The van der Waals surface area contributed by atoms with E-state index in [0.29, 0.717) is 0 Å². The molecule has 0 aromatic heterocycles. The molecular formula is C75H65N. The molecule has 1 spiro atoms. The van der Waals surface area contributed by atoms with Crippen molar-refractivity contribution in [2.45, 2.75) is 96.3 Å². The lowest BCUT2D eigenvalue weighted by Crippen LogP contribution is -2.27. The smallest absolute Gasteiger partial charge is 0.0726 e. The summed E-state index contributed by atoms with van der Waals surface area (Å²) in [5.41, 5.74) is 31.9. The Morgan fingerprint density at radius 1 is 0.276 bits per heavy atom. The molecule has 4 aliphatic rings. The maximum Gasteiger partial charge on any atom is 0.0726 e. The van der Waals surface area contributed by atoms with Gasteiger partial charge in [-0.05, 0) is 170 Å². The van der Waals surface area contributed by atoms with Crippen molar-refractivity contribution in [3.8, 4) is 66.8 Å². The first-order valence-electron chi connectivity index (χ1n) is 27.5. The summed E-state index contributed by atoms with van der Waals surface area (Å²) in [4.78, 5) is 2.53. The van der Waals surface area contributed by atoms with E-state index in [4.69, 9.17) is 0 Å². The van der Waals surface area contributed by atoms with Gasteiger partial charge in [0.2, 0.25) is 0 Å². The van der Waals surface area contributed by atoms with E-state index in [1.807, 2.05) is 0 Å². The van der Waals surface area contributed by atoms with Crippen LogP contribution in [-0.2, 0) is 27.1 Å². The van der Waals surface area contributed by atoms with E-state index >= 15 is 0 Å². The SMILES string of the molecule is CC(C)(C)c1ccc2c(c1)C1(c3ccccc3-c3ccc(N(c4ccc(-c5ccccc5-c5cccc6c5C(C)(C)c5ccccc5-6)cc4)c4ccc5c(c4)C(C)(C)c4ccccc4-5)cc31)c1cc(C(C)(C)C)ccc1-2. The molecule has 0 bridgehead atoms. The zero-order valence-corrected chi connectivity index (χ0v) is 45.7. The second kappa shape index (κ2) is 16.0. The molecule has 0 N–H and O–H groups in total. The van der Waals surface area contributed by atoms with Gasteiger partial charge in [0, 0.05) is 27.9 Å². The van der Waals surface area contributed by atoms with Crippen LogP contribution >= 0.6 is 0 Å². The molecule has 4 aliphatic carbocycles. The zero-order valence-electron chi connectivity index (χ0n) is 45.7. The molecule has 0 amide bonds. The molecule has 14 rings (SSSR count). The summed E-state index contributed by atoms with van der Waals surface area (Å²) >= 11 is 0. The largest absolute Gasteiger partial charge is 0.310 e. The van der Waals surface area contributed by atoms with Gasteiger partial charge in [-0.1, -0.05) is 245 Å². The first-order chi connectivity index (χ1) is 36.5. The van der Waals surface area contributed by atoms with Crippen molar-refractivity contribution < 1.29 is 0 Å². The molecule has 0 aliphatic heterocycles. The van der Waals surface area contributed by atoms with Crippen molar-refractivity contribution in [1.82, 2.24) is 0 Å². The molecule has 10 aromatic carbocycles. The molecule has 0 unspecified atom stereocenters. The van der Waals surface area contributed by atoms with Crippen LogP contribution in [-0.4, -0.2) is 0 Å². The summed E-state index contributed by atoms with van der Waals surface area (Å²) in [5.74, 6) is 0. The molecule has 1 heteroatoms. The molecule has 10 aromatic rings. The maximum absolute atomic E-state index is 2.56. The Kier molecular flexibility index (Phi) is 9.80. The number of benzene rings is 10. The normalized spacial score (nSPS) is 15.3. The maximum atomic E-state index is 2.56. The zero-order chi connectivity index (χ0) is 52.3. The number of hydrogen-bond donors (Lipinski definition) is 0. The lowest BCUT2D eigenvalue weighted by molar-refractivity contribution is 0.586. The topological polar surface area (TPSA) is 3.24 Å². The molecule has 0 radical (unpaired) electrons. The molecular weight excluding hydrogens is 915 g/mol. The minimum atomic E-state index is -0.524. The van der Waals surface area contributed by atoms with E-state index in [1.165, 1.54) is 122 Å². The van der Waals surface area contributed by atoms with Gasteiger partial charge in [-0.3, -0.25) is 0 Å². The third-order valence-corrected chi connectivity index (χ3v) is 18.2. The summed E-state index contributed by atoms with van der Waals surface area (Å²) in [6.45, 7) is 23.7. The number of anilines is 3. The Morgan fingerprint density at radius 3 is 1.20 bits per heavy atom. The van der Waals surface area contributed by atoms with Crippen molar-refractivity contribution in [1.29, 1.82) is 0 Å². The fourth-order valence-electron chi connectivity index (χ4n) is 14.4. The molecule has 0 atom stereocenters. The van der Waals surface area contributed by atoms with Crippen LogP contribution in [0.15, 0.2) is 212 Å². The Bertz CT molecular complexity index is 4000. The van der Waals surface area contributed by atoms with Crippen LogP contribution in [0.3, 0.4) is 0 Å². The average molecular weight is 980 g/mol. The summed E-state index contributed by atoms with van der Waals surface area (Å²) in [5, 5.41) is 0. The Morgan fingerprint density at radius 2 is 0.645 bits per heavy atom. The van der Waals surface area contributed by atoms with E-state index in [2.05, 4.69) is 286 Å². The lowest BCUT2D eigenvalue weighted by Gasteiger charge is -2.34. The van der Waals surface area contributed by atoms with E-state index in [-0.39, 0.29) is 21.7 Å². The van der Waals surface area contributed by atoms with Gasteiger partial charge in [0.15, 0.2) is 0 Å². The monoisotopic (exact) mass is 980 g/mol. The van der Waals surface area contributed by atoms with Crippen molar-refractivity contribution in [2.75, 3.05) is 4.90 Å². The number of fused-ring (bicyclic) bond motifs is 16. The summed E-state index contributed by atoms with van der Waals surface area (Å²) in [7, 11) is 0. The van der Waals surface area contributed by atoms with Crippen LogP contribution < -0.4 is 4.90 Å². The molecule has 370 valence electrons. The van der Waals surface area contributed by atoms with Crippen LogP contribution in [0.4, 0.5) is 17.1 Å². The molecule has 0 saturated heterocycles. The third kappa shape index (κ3) is 6.45. The fourth-order valence-corrected chi connectivity index (χ4v) is 14.4. The van der Waals surface area contributed by atoms with Gasteiger partial charge < -0.3 is 4.90 Å².